The zero-order valence-corrected chi connectivity index (χ0v) is 13.7. The van der Waals surface area contributed by atoms with Crippen molar-refractivity contribution >= 4 is 52.4 Å². The van der Waals surface area contributed by atoms with E-state index in [0.29, 0.717) is 40.9 Å². The molecule has 5 nitrogen and oxygen atoms in total. The van der Waals surface area contributed by atoms with E-state index in [-0.39, 0.29) is 5.91 Å². The van der Waals surface area contributed by atoms with Gasteiger partial charge in [-0.25, -0.2) is 0 Å². The van der Waals surface area contributed by atoms with Gasteiger partial charge in [0.05, 0.1) is 27.7 Å². The molecule has 0 aliphatic heterocycles. The van der Waals surface area contributed by atoms with E-state index >= 15 is 0 Å². The Morgan fingerprint density at radius 3 is 2.86 bits per heavy atom. The highest BCUT2D eigenvalue weighted by atomic mass is 35.5. The highest BCUT2D eigenvalue weighted by molar-refractivity contribution is 7.71. The molecule has 2 aromatic rings. The average Bonchev–Trinajstić information content (AvgIpc) is 2.72. The van der Waals surface area contributed by atoms with Gasteiger partial charge in [0.15, 0.2) is 4.77 Å². The van der Waals surface area contributed by atoms with Gasteiger partial charge in [0.25, 0.3) is 0 Å². The molecule has 0 atom stereocenters. The summed E-state index contributed by atoms with van der Waals surface area (Å²) in [7, 11) is 1.59. The van der Waals surface area contributed by atoms with Gasteiger partial charge in [0.2, 0.25) is 5.91 Å². The minimum atomic E-state index is -0.0524. The van der Waals surface area contributed by atoms with Crippen molar-refractivity contribution in [1.82, 2.24) is 14.9 Å². The Labute approximate surface area is 137 Å². The average molecular weight is 348 g/mol. The van der Waals surface area contributed by atoms with Crippen LogP contribution in [0.25, 0.3) is 11.0 Å². The zero-order chi connectivity index (χ0) is 15.4. The molecule has 1 heterocycles. The topological polar surface area (TPSA) is 59.0 Å². The van der Waals surface area contributed by atoms with Crippen LogP contribution in [-0.2, 0) is 16.1 Å². The van der Waals surface area contributed by atoms with E-state index in [9.17, 15) is 4.79 Å². The van der Waals surface area contributed by atoms with Gasteiger partial charge in [-0.2, -0.15) is 0 Å². The number of aromatic nitrogens is 2. The summed E-state index contributed by atoms with van der Waals surface area (Å²) < 4.78 is 7.25. The number of imidazole rings is 1. The summed E-state index contributed by atoms with van der Waals surface area (Å²) in [6, 6.07) is 3.47. The van der Waals surface area contributed by atoms with Gasteiger partial charge >= 0.3 is 0 Å². The summed E-state index contributed by atoms with van der Waals surface area (Å²) in [6.45, 7) is 1.46. The minimum absolute atomic E-state index is 0.0524. The maximum absolute atomic E-state index is 11.7. The predicted molar refractivity (Wildman–Crippen MR) is 86.6 cm³/mol. The third kappa shape index (κ3) is 3.97. The zero-order valence-electron chi connectivity index (χ0n) is 11.4. The van der Waals surface area contributed by atoms with Crippen LogP contribution in [-0.4, -0.2) is 35.7 Å². The molecule has 0 fully saturated rings. The molecule has 21 heavy (non-hydrogen) atoms. The normalized spacial score (nSPS) is 11.0. The second-order valence-electron chi connectivity index (χ2n) is 4.46. The van der Waals surface area contributed by atoms with Crippen molar-refractivity contribution in [2.45, 2.75) is 13.0 Å². The number of fused-ring (bicyclic) bond motifs is 1. The SMILES string of the molecule is COCCNC(=O)CCn1c(=S)[nH]c2cc(Cl)c(Cl)cc21. The summed E-state index contributed by atoms with van der Waals surface area (Å²) in [5, 5.41) is 3.68. The molecule has 0 spiro atoms. The lowest BCUT2D eigenvalue weighted by Crippen LogP contribution is -2.27. The quantitative estimate of drug-likeness (QED) is 0.623. The number of carbonyl (C=O) groups excluding carboxylic acids is 1. The van der Waals surface area contributed by atoms with Gasteiger partial charge in [0.1, 0.15) is 0 Å². The number of nitrogens with one attached hydrogen (secondary N) is 2. The van der Waals surface area contributed by atoms with E-state index < -0.39 is 0 Å². The smallest absolute Gasteiger partial charge is 0.221 e. The first kappa shape index (κ1) is 16.3. The van der Waals surface area contributed by atoms with Crippen molar-refractivity contribution in [1.29, 1.82) is 0 Å². The second kappa shape index (κ2) is 7.26. The highest BCUT2D eigenvalue weighted by Gasteiger charge is 2.09. The highest BCUT2D eigenvalue weighted by Crippen LogP contribution is 2.27. The number of ether oxygens (including phenoxy) is 1. The summed E-state index contributed by atoms with van der Waals surface area (Å²) in [5.74, 6) is -0.0524. The maximum atomic E-state index is 11.7. The molecule has 8 heteroatoms. The Morgan fingerprint density at radius 1 is 1.43 bits per heavy atom. The maximum Gasteiger partial charge on any atom is 0.221 e. The Balaban J connectivity index is 2.12. The predicted octanol–water partition coefficient (Wildman–Crippen LogP) is 3.16. The summed E-state index contributed by atoms with van der Waals surface area (Å²) in [6.07, 6.45) is 0.325. The molecule has 0 unspecified atom stereocenters. The molecule has 1 amide bonds. The number of rotatable bonds is 6. The van der Waals surface area contributed by atoms with Gasteiger partial charge < -0.3 is 19.6 Å². The molecule has 2 rings (SSSR count). The number of aromatic amines is 1. The second-order valence-corrected chi connectivity index (χ2v) is 5.66. The number of H-pyrrole nitrogens is 1. The van der Waals surface area contributed by atoms with Gasteiger partial charge in [-0.15, -0.1) is 0 Å². The first-order chi connectivity index (χ1) is 10.0. The Kier molecular flexibility index (Phi) is 5.64. The van der Waals surface area contributed by atoms with Gasteiger partial charge in [-0.1, -0.05) is 23.2 Å². The van der Waals surface area contributed by atoms with Crippen LogP contribution in [0.4, 0.5) is 0 Å². The van der Waals surface area contributed by atoms with Crippen molar-refractivity contribution in [2.24, 2.45) is 0 Å². The first-order valence-electron chi connectivity index (χ1n) is 6.36. The fourth-order valence-corrected chi connectivity index (χ4v) is 2.59. The lowest BCUT2D eigenvalue weighted by molar-refractivity contribution is -0.121. The van der Waals surface area contributed by atoms with Crippen LogP contribution in [0.15, 0.2) is 12.1 Å². The number of carbonyl (C=O) groups is 1. The molecule has 2 N–H and O–H groups in total. The number of methoxy groups -OCH3 is 1. The molecular formula is C13H15Cl2N3O2S. The number of nitrogens with zero attached hydrogens (tertiary/aromatic N) is 1. The summed E-state index contributed by atoms with van der Waals surface area (Å²) in [5.41, 5.74) is 1.63. The van der Waals surface area contributed by atoms with Crippen LogP contribution < -0.4 is 5.32 Å². The molecule has 0 aliphatic rings. The van der Waals surface area contributed by atoms with Crippen LogP contribution >= 0.6 is 35.4 Å². The van der Waals surface area contributed by atoms with Crippen LogP contribution in [0.3, 0.4) is 0 Å². The van der Waals surface area contributed by atoms with Gasteiger partial charge in [-0.05, 0) is 24.4 Å². The number of hydrogen-bond donors (Lipinski definition) is 2. The monoisotopic (exact) mass is 347 g/mol. The molecular weight excluding hydrogens is 333 g/mol. The molecule has 0 bridgehead atoms. The minimum Gasteiger partial charge on any atom is -0.383 e. The molecule has 0 saturated heterocycles. The van der Waals surface area contributed by atoms with Crippen molar-refractivity contribution in [3.63, 3.8) is 0 Å². The fraction of sp³-hybridized carbons (Fsp3) is 0.385. The van der Waals surface area contributed by atoms with Crippen LogP contribution in [0.2, 0.25) is 10.0 Å². The molecule has 0 aliphatic carbocycles. The third-order valence-corrected chi connectivity index (χ3v) is 4.05. The first-order valence-corrected chi connectivity index (χ1v) is 7.52. The number of aryl methyl sites for hydroxylation is 1. The third-order valence-electron chi connectivity index (χ3n) is 3.01. The van der Waals surface area contributed by atoms with E-state index in [1.165, 1.54) is 0 Å². The lowest BCUT2D eigenvalue weighted by atomic mass is 10.3. The molecule has 0 saturated carbocycles. The largest absolute Gasteiger partial charge is 0.383 e. The van der Waals surface area contributed by atoms with Gasteiger partial charge in [0, 0.05) is 26.6 Å². The van der Waals surface area contributed by atoms with Crippen LogP contribution in [0.5, 0.6) is 0 Å². The van der Waals surface area contributed by atoms with Crippen molar-refractivity contribution in [3.05, 3.63) is 26.9 Å². The summed E-state index contributed by atoms with van der Waals surface area (Å²) >= 11 is 17.3. The molecule has 1 aromatic heterocycles. The molecule has 114 valence electrons. The number of halogens is 2. The number of benzene rings is 1. The van der Waals surface area contributed by atoms with Crippen molar-refractivity contribution in [3.8, 4) is 0 Å². The Bertz CT molecular complexity index is 711. The van der Waals surface area contributed by atoms with Crippen LogP contribution in [0, 0.1) is 4.77 Å². The Morgan fingerprint density at radius 2 is 2.14 bits per heavy atom. The Hall–Kier alpha value is -1.08. The summed E-state index contributed by atoms with van der Waals surface area (Å²) in [4.78, 5) is 14.8. The number of amides is 1. The van der Waals surface area contributed by atoms with E-state index in [4.69, 9.17) is 40.2 Å². The molecule has 0 radical (unpaired) electrons. The lowest BCUT2D eigenvalue weighted by Gasteiger charge is -2.06. The van der Waals surface area contributed by atoms with Crippen LogP contribution in [0.1, 0.15) is 6.42 Å². The van der Waals surface area contributed by atoms with Gasteiger partial charge in [-0.3, -0.25) is 4.79 Å². The van der Waals surface area contributed by atoms with E-state index in [2.05, 4.69) is 10.3 Å². The van der Waals surface area contributed by atoms with Crippen molar-refractivity contribution < 1.29 is 9.53 Å². The van der Waals surface area contributed by atoms with E-state index in [1.807, 2.05) is 4.57 Å². The molecule has 1 aromatic carbocycles. The standard InChI is InChI=1S/C13H15Cl2N3O2S/c1-20-5-3-16-12(19)2-4-18-11-7-9(15)8(14)6-10(11)17-13(18)21/h6-7H,2-5H2,1H3,(H,16,19)(H,17,21). The fourth-order valence-electron chi connectivity index (χ4n) is 1.97. The van der Waals surface area contributed by atoms with Crippen molar-refractivity contribution in [2.75, 3.05) is 20.3 Å². The number of hydrogen-bond acceptors (Lipinski definition) is 3. The van der Waals surface area contributed by atoms with E-state index in [0.717, 1.165) is 11.0 Å². The van der Waals surface area contributed by atoms with E-state index in [1.54, 1.807) is 19.2 Å².